The van der Waals surface area contributed by atoms with E-state index >= 15 is 0 Å². The van der Waals surface area contributed by atoms with Gasteiger partial charge in [-0.25, -0.2) is 4.39 Å². The monoisotopic (exact) mass is 351 g/mol. The average Bonchev–Trinajstić information content (AvgIpc) is 2.93. The van der Waals surface area contributed by atoms with Crippen molar-refractivity contribution in [1.29, 1.82) is 0 Å². The van der Waals surface area contributed by atoms with Gasteiger partial charge in [0, 0.05) is 28.2 Å². The van der Waals surface area contributed by atoms with Crippen LogP contribution in [0, 0.1) is 19.7 Å². The van der Waals surface area contributed by atoms with E-state index in [1.807, 2.05) is 38.1 Å². The maximum absolute atomic E-state index is 13.2. The minimum atomic E-state index is -0.237. The molecule has 0 unspecified atom stereocenters. The number of ether oxygens (including phenoxy) is 1. The molecule has 0 aliphatic carbocycles. The molecule has 0 amide bonds. The lowest BCUT2D eigenvalue weighted by Crippen LogP contribution is -2.07. The van der Waals surface area contributed by atoms with E-state index < -0.39 is 0 Å². The lowest BCUT2D eigenvalue weighted by molar-refractivity contribution is 0.408. The molecular weight excluding hydrogens is 329 g/mol. The van der Waals surface area contributed by atoms with E-state index in [0.29, 0.717) is 6.54 Å². The van der Waals surface area contributed by atoms with Crippen molar-refractivity contribution >= 4 is 6.21 Å². The van der Waals surface area contributed by atoms with Crippen LogP contribution >= 0.6 is 0 Å². The highest BCUT2D eigenvalue weighted by atomic mass is 19.1. The Bertz CT molecular complexity index is 914. The Hall–Kier alpha value is -3.08. The van der Waals surface area contributed by atoms with Gasteiger partial charge in [-0.2, -0.15) is 5.10 Å². The normalized spacial score (nSPS) is 11.1. The van der Waals surface area contributed by atoms with Gasteiger partial charge in [-0.1, -0.05) is 18.2 Å². The van der Waals surface area contributed by atoms with Gasteiger partial charge in [0.2, 0.25) is 0 Å². The molecule has 134 valence electrons. The first-order valence-electron chi connectivity index (χ1n) is 8.43. The molecule has 3 aromatic rings. The molecule has 0 saturated carbocycles. The van der Waals surface area contributed by atoms with Crippen LogP contribution in [-0.4, -0.2) is 17.9 Å². The number of rotatable bonds is 6. The van der Waals surface area contributed by atoms with Crippen molar-refractivity contribution in [2.24, 2.45) is 5.10 Å². The number of benzene rings is 2. The van der Waals surface area contributed by atoms with Gasteiger partial charge in [-0.15, -0.1) is 0 Å². The zero-order valence-electron chi connectivity index (χ0n) is 15.2. The SMILES string of the molecule is COc1ccccc1CN/N=C/c1cc(C)n(-c2ccc(F)cc2)c1C. The molecule has 0 aliphatic rings. The average molecular weight is 351 g/mol. The van der Waals surface area contributed by atoms with Crippen molar-refractivity contribution in [2.45, 2.75) is 20.4 Å². The summed E-state index contributed by atoms with van der Waals surface area (Å²) in [5, 5.41) is 4.33. The minimum absolute atomic E-state index is 0.237. The third kappa shape index (κ3) is 3.77. The third-order valence-corrected chi connectivity index (χ3v) is 4.31. The summed E-state index contributed by atoms with van der Waals surface area (Å²) in [6, 6.07) is 16.4. The topological polar surface area (TPSA) is 38.5 Å². The third-order valence-electron chi connectivity index (χ3n) is 4.31. The van der Waals surface area contributed by atoms with Crippen LogP contribution in [0.25, 0.3) is 5.69 Å². The van der Waals surface area contributed by atoms with Gasteiger partial charge in [-0.05, 0) is 50.2 Å². The Labute approximate surface area is 152 Å². The van der Waals surface area contributed by atoms with Gasteiger partial charge >= 0.3 is 0 Å². The lowest BCUT2D eigenvalue weighted by atomic mass is 10.2. The van der Waals surface area contributed by atoms with E-state index in [1.165, 1.54) is 12.1 Å². The first-order chi connectivity index (χ1) is 12.6. The van der Waals surface area contributed by atoms with Gasteiger partial charge in [0.05, 0.1) is 19.9 Å². The number of para-hydroxylation sites is 1. The molecule has 1 heterocycles. The van der Waals surface area contributed by atoms with Crippen LogP contribution in [0.4, 0.5) is 4.39 Å². The van der Waals surface area contributed by atoms with Gasteiger partial charge in [-0.3, -0.25) is 0 Å². The molecule has 0 spiro atoms. The number of hydrogen-bond acceptors (Lipinski definition) is 3. The predicted octanol–water partition coefficient (Wildman–Crippen LogP) is 4.37. The Kier molecular flexibility index (Phi) is 5.37. The van der Waals surface area contributed by atoms with E-state index in [1.54, 1.807) is 25.5 Å². The Morgan fingerprint density at radius 3 is 2.58 bits per heavy atom. The maximum Gasteiger partial charge on any atom is 0.123 e. The predicted molar refractivity (Wildman–Crippen MR) is 103 cm³/mol. The molecule has 4 nitrogen and oxygen atoms in total. The van der Waals surface area contributed by atoms with E-state index in [0.717, 1.165) is 34.0 Å². The molecule has 1 N–H and O–H groups in total. The van der Waals surface area contributed by atoms with Crippen LogP contribution in [0.15, 0.2) is 59.7 Å². The smallest absolute Gasteiger partial charge is 0.123 e. The molecule has 3 rings (SSSR count). The first kappa shape index (κ1) is 17.7. The Balaban J connectivity index is 1.73. The summed E-state index contributed by atoms with van der Waals surface area (Å²) in [5.74, 6) is 0.600. The second-order valence-electron chi connectivity index (χ2n) is 6.04. The van der Waals surface area contributed by atoms with Crippen LogP contribution in [0.5, 0.6) is 5.75 Å². The molecule has 0 bridgehead atoms. The summed E-state index contributed by atoms with van der Waals surface area (Å²) < 4.78 is 20.6. The number of nitrogens with one attached hydrogen (secondary N) is 1. The van der Waals surface area contributed by atoms with E-state index in [4.69, 9.17) is 4.74 Å². The number of nitrogens with zero attached hydrogens (tertiary/aromatic N) is 2. The summed E-state index contributed by atoms with van der Waals surface area (Å²) in [4.78, 5) is 0. The largest absolute Gasteiger partial charge is 0.496 e. The number of halogens is 1. The first-order valence-corrected chi connectivity index (χ1v) is 8.43. The fourth-order valence-corrected chi connectivity index (χ4v) is 3.00. The van der Waals surface area contributed by atoms with Crippen molar-refractivity contribution in [3.05, 3.63) is 82.9 Å². The van der Waals surface area contributed by atoms with Crippen molar-refractivity contribution in [3.8, 4) is 11.4 Å². The molecule has 26 heavy (non-hydrogen) atoms. The number of hydrogen-bond donors (Lipinski definition) is 1. The fraction of sp³-hybridized carbons (Fsp3) is 0.190. The van der Waals surface area contributed by atoms with Crippen LogP contribution in [0.1, 0.15) is 22.5 Å². The summed E-state index contributed by atoms with van der Waals surface area (Å²) in [6.07, 6.45) is 1.80. The van der Waals surface area contributed by atoms with Gasteiger partial charge in [0.25, 0.3) is 0 Å². The van der Waals surface area contributed by atoms with Crippen LogP contribution in [0.3, 0.4) is 0 Å². The van der Waals surface area contributed by atoms with Gasteiger partial charge in [0.1, 0.15) is 11.6 Å². The maximum atomic E-state index is 13.2. The Morgan fingerprint density at radius 1 is 1.12 bits per heavy atom. The summed E-state index contributed by atoms with van der Waals surface area (Å²) in [5.41, 5.74) is 8.17. The van der Waals surface area contributed by atoms with Crippen molar-refractivity contribution in [2.75, 3.05) is 7.11 Å². The highest BCUT2D eigenvalue weighted by Gasteiger charge is 2.09. The molecule has 0 atom stereocenters. The van der Waals surface area contributed by atoms with Crippen LogP contribution < -0.4 is 10.2 Å². The highest BCUT2D eigenvalue weighted by molar-refractivity contribution is 5.82. The van der Waals surface area contributed by atoms with Crippen LogP contribution in [-0.2, 0) is 6.54 Å². The standard InChI is InChI=1S/C21H22FN3O/c1-15-12-18(16(2)25(15)20-10-8-19(22)9-11-20)14-24-23-13-17-6-4-5-7-21(17)26-3/h4-12,14,23H,13H2,1-3H3/b24-14+. The van der Waals surface area contributed by atoms with Crippen molar-refractivity contribution in [3.63, 3.8) is 0 Å². The molecule has 0 saturated heterocycles. The summed E-state index contributed by atoms with van der Waals surface area (Å²) >= 11 is 0. The zero-order chi connectivity index (χ0) is 18.5. The zero-order valence-corrected chi connectivity index (χ0v) is 15.2. The van der Waals surface area contributed by atoms with Gasteiger partial charge < -0.3 is 14.7 Å². The summed E-state index contributed by atoms with van der Waals surface area (Å²) in [7, 11) is 1.66. The molecule has 2 aromatic carbocycles. The highest BCUT2D eigenvalue weighted by Crippen LogP contribution is 2.20. The quantitative estimate of drug-likeness (QED) is 0.529. The van der Waals surface area contributed by atoms with E-state index in [2.05, 4.69) is 21.2 Å². The van der Waals surface area contributed by atoms with E-state index in [9.17, 15) is 4.39 Å². The van der Waals surface area contributed by atoms with Crippen molar-refractivity contribution in [1.82, 2.24) is 9.99 Å². The number of aryl methyl sites for hydroxylation is 1. The Morgan fingerprint density at radius 2 is 1.85 bits per heavy atom. The number of methoxy groups -OCH3 is 1. The van der Waals surface area contributed by atoms with Crippen molar-refractivity contribution < 1.29 is 9.13 Å². The molecule has 0 radical (unpaired) electrons. The molecule has 1 aromatic heterocycles. The lowest BCUT2D eigenvalue weighted by Gasteiger charge is -2.09. The van der Waals surface area contributed by atoms with Gasteiger partial charge in [0.15, 0.2) is 0 Å². The molecule has 0 fully saturated rings. The summed E-state index contributed by atoms with van der Waals surface area (Å²) in [6.45, 7) is 4.63. The molecule has 0 aliphatic heterocycles. The number of aromatic nitrogens is 1. The molecule has 5 heteroatoms. The van der Waals surface area contributed by atoms with Crippen LogP contribution in [0.2, 0.25) is 0 Å². The van der Waals surface area contributed by atoms with E-state index in [-0.39, 0.29) is 5.82 Å². The fourth-order valence-electron chi connectivity index (χ4n) is 3.00. The number of hydrazone groups is 1. The molecular formula is C21H22FN3O. The second-order valence-corrected chi connectivity index (χ2v) is 6.04. The second kappa shape index (κ2) is 7.87. The minimum Gasteiger partial charge on any atom is -0.496 e.